The Morgan fingerprint density at radius 1 is 1.47 bits per heavy atom. The van der Waals surface area contributed by atoms with Crippen LogP contribution in [0.3, 0.4) is 0 Å². The van der Waals surface area contributed by atoms with Crippen molar-refractivity contribution in [1.82, 2.24) is 14.8 Å². The van der Waals surface area contributed by atoms with Crippen molar-refractivity contribution in [3.05, 3.63) is 52.2 Å². The van der Waals surface area contributed by atoms with Gasteiger partial charge in [-0.1, -0.05) is 6.07 Å². The van der Waals surface area contributed by atoms with E-state index < -0.39 is 0 Å². The standard InChI is InChI=1S/C12H14N4O/c1-9-4-3-5-14-11(9)8-16-12(17)6-10(13-2)7-15-16/h3-7,13H,8H2,1-2H3. The van der Waals surface area contributed by atoms with Crippen molar-refractivity contribution in [2.45, 2.75) is 13.5 Å². The zero-order valence-electron chi connectivity index (χ0n) is 9.84. The van der Waals surface area contributed by atoms with Gasteiger partial charge >= 0.3 is 0 Å². The zero-order valence-corrected chi connectivity index (χ0v) is 9.84. The van der Waals surface area contributed by atoms with Gasteiger partial charge in [-0.2, -0.15) is 5.10 Å². The van der Waals surface area contributed by atoms with E-state index >= 15 is 0 Å². The number of anilines is 1. The molecule has 88 valence electrons. The number of nitrogens with one attached hydrogen (secondary N) is 1. The average Bonchev–Trinajstić information content (AvgIpc) is 2.34. The highest BCUT2D eigenvalue weighted by Crippen LogP contribution is 2.04. The fraction of sp³-hybridized carbons (Fsp3) is 0.250. The van der Waals surface area contributed by atoms with Crippen LogP contribution in [0.2, 0.25) is 0 Å². The SMILES string of the molecule is CNc1cnn(Cc2ncccc2C)c(=O)c1. The summed E-state index contributed by atoms with van der Waals surface area (Å²) in [5.41, 5.74) is 2.49. The number of nitrogens with zero attached hydrogens (tertiary/aromatic N) is 3. The Bertz CT molecular complexity index is 577. The largest absolute Gasteiger partial charge is 0.387 e. The van der Waals surface area contributed by atoms with E-state index in [0.29, 0.717) is 12.2 Å². The van der Waals surface area contributed by atoms with Gasteiger partial charge in [0.1, 0.15) is 0 Å². The van der Waals surface area contributed by atoms with Crippen LogP contribution < -0.4 is 10.9 Å². The third-order valence-electron chi connectivity index (χ3n) is 2.58. The van der Waals surface area contributed by atoms with E-state index in [0.717, 1.165) is 11.3 Å². The second kappa shape index (κ2) is 4.78. The van der Waals surface area contributed by atoms with Gasteiger partial charge in [-0.05, 0) is 18.6 Å². The Hall–Kier alpha value is -2.17. The van der Waals surface area contributed by atoms with Crippen molar-refractivity contribution < 1.29 is 0 Å². The first-order chi connectivity index (χ1) is 8.20. The van der Waals surface area contributed by atoms with Crippen molar-refractivity contribution in [1.29, 1.82) is 0 Å². The van der Waals surface area contributed by atoms with Gasteiger partial charge < -0.3 is 5.32 Å². The first kappa shape index (κ1) is 11.3. The maximum atomic E-state index is 11.7. The lowest BCUT2D eigenvalue weighted by Crippen LogP contribution is -2.23. The molecule has 5 nitrogen and oxygen atoms in total. The molecule has 0 aromatic carbocycles. The number of pyridine rings is 1. The Kier molecular flexibility index (Phi) is 3.18. The van der Waals surface area contributed by atoms with Crippen molar-refractivity contribution in [2.24, 2.45) is 0 Å². The molecule has 0 aliphatic rings. The smallest absolute Gasteiger partial charge is 0.269 e. The Morgan fingerprint density at radius 3 is 2.94 bits per heavy atom. The molecule has 0 aliphatic heterocycles. The maximum Gasteiger partial charge on any atom is 0.269 e. The third kappa shape index (κ3) is 2.50. The minimum atomic E-state index is -0.137. The molecule has 17 heavy (non-hydrogen) atoms. The summed E-state index contributed by atoms with van der Waals surface area (Å²) in [5, 5.41) is 6.97. The van der Waals surface area contributed by atoms with E-state index in [-0.39, 0.29) is 5.56 Å². The van der Waals surface area contributed by atoms with Crippen LogP contribution >= 0.6 is 0 Å². The number of aromatic nitrogens is 3. The normalized spacial score (nSPS) is 10.2. The second-order valence-corrected chi connectivity index (χ2v) is 3.76. The summed E-state index contributed by atoms with van der Waals surface area (Å²) in [7, 11) is 1.75. The Morgan fingerprint density at radius 2 is 2.29 bits per heavy atom. The van der Waals surface area contributed by atoms with Crippen LogP contribution in [0.15, 0.2) is 35.4 Å². The summed E-state index contributed by atoms with van der Waals surface area (Å²) < 4.78 is 1.40. The molecule has 0 bridgehead atoms. The molecule has 0 atom stereocenters. The van der Waals surface area contributed by atoms with Crippen LogP contribution in [0, 0.1) is 6.92 Å². The highest BCUT2D eigenvalue weighted by molar-refractivity contribution is 5.37. The van der Waals surface area contributed by atoms with Gasteiger partial charge in [-0.25, -0.2) is 4.68 Å². The zero-order chi connectivity index (χ0) is 12.3. The monoisotopic (exact) mass is 230 g/mol. The molecular formula is C12H14N4O. The summed E-state index contributed by atoms with van der Waals surface area (Å²) in [5.74, 6) is 0. The molecule has 2 aromatic rings. The predicted molar refractivity (Wildman–Crippen MR) is 66.1 cm³/mol. The van der Waals surface area contributed by atoms with E-state index in [1.807, 2.05) is 19.1 Å². The minimum absolute atomic E-state index is 0.137. The van der Waals surface area contributed by atoms with Gasteiger partial charge in [0.05, 0.1) is 24.1 Å². The summed E-state index contributed by atoms with van der Waals surface area (Å²) in [6.07, 6.45) is 3.34. The third-order valence-corrected chi connectivity index (χ3v) is 2.58. The van der Waals surface area contributed by atoms with E-state index in [4.69, 9.17) is 0 Å². The van der Waals surface area contributed by atoms with Crippen LogP contribution in [-0.4, -0.2) is 21.8 Å². The molecule has 0 radical (unpaired) electrons. The molecule has 0 aliphatic carbocycles. The fourth-order valence-corrected chi connectivity index (χ4v) is 1.51. The first-order valence-corrected chi connectivity index (χ1v) is 5.36. The van der Waals surface area contributed by atoms with Gasteiger partial charge in [0.25, 0.3) is 5.56 Å². The van der Waals surface area contributed by atoms with E-state index in [2.05, 4.69) is 15.4 Å². The summed E-state index contributed by atoms with van der Waals surface area (Å²) in [6.45, 7) is 2.37. The van der Waals surface area contributed by atoms with Gasteiger partial charge in [0.2, 0.25) is 0 Å². The second-order valence-electron chi connectivity index (χ2n) is 3.76. The molecule has 0 fully saturated rings. The molecule has 1 N–H and O–H groups in total. The summed E-state index contributed by atoms with van der Waals surface area (Å²) >= 11 is 0. The van der Waals surface area contributed by atoms with Gasteiger partial charge in [-0.3, -0.25) is 9.78 Å². The molecule has 0 spiro atoms. The lowest BCUT2D eigenvalue weighted by molar-refractivity contribution is 0.626. The molecule has 5 heteroatoms. The molecule has 2 heterocycles. The van der Waals surface area contributed by atoms with E-state index in [1.165, 1.54) is 10.7 Å². The van der Waals surface area contributed by atoms with Crippen LogP contribution in [0.4, 0.5) is 5.69 Å². The highest BCUT2D eigenvalue weighted by atomic mass is 16.1. The van der Waals surface area contributed by atoms with E-state index in [1.54, 1.807) is 19.4 Å². The summed E-state index contributed by atoms with van der Waals surface area (Å²) in [6, 6.07) is 5.36. The van der Waals surface area contributed by atoms with Crippen LogP contribution in [-0.2, 0) is 6.54 Å². The molecular weight excluding hydrogens is 216 g/mol. The van der Waals surface area contributed by atoms with E-state index in [9.17, 15) is 4.79 Å². The van der Waals surface area contributed by atoms with Gasteiger partial charge in [-0.15, -0.1) is 0 Å². The van der Waals surface area contributed by atoms with Gasteiger partial charge in [0, 0.05) is 19.3 Å². The van der Waals surface area contributed by atoms with Crippen LogP contribution in [0.1, 0.15) is 11.3 Å². The maximum absolute atomic E-state index is 11.7. The molecule has 0 amide bonds. The van der Waals surface area contributed by atoms with Crippen molar-refractivity contribution in [2.75, 3.05) is 12.4 Å². The number of rotatable bonds is 3. The molecule has 0 unspecified atom stereocenters. The molecule has 0 saturated heterocycles. The topological polar surface area (TPSA) is 59.8 Å². The van der Waals surface area contributed by atoms with Crippen molar-refractivity contribution in [3.63, 3.8) is 0 Å². The van der Waals surface area contributed by atoms with Crippen molar-refractivity contribution >= 4 is 5.69 Å². The summed E-state index contributed by atoms with van der Waals surface area (Å²) in [4.78, 5) is 16.0. The number of hydrogen-bond donors (Lipinski definition) is 1. The quantitative estimate of drug-likeness (QED) is 0.855. The fourth-order valence-electron chi connectivity index (χ4n) is 1.51. The lowest BCUT2D eigenvalue weighted by atomic mass is 10.2. The van der Waals surface area contributed by atoms with Crippen LogP contribution in [0.25, 0.3) is 0 Å². The first-order valence-electron chi connectivity index (χ1n) is 5.36. The Balaban J connectivity index is 2.31. The minimum Gasteiger partial charge on any atom is -0.387 e. The number of hydrogen-bond acceptors (Lipinski definition) is 4. The molecule has 2 rings (SSSR count). The van der Waals surface area contributed by atoms with Gasteiger partial charge in [0.15, 0.2) is 0 Å². The highest BCUT2D eigenvalue weighted by Gasteiger charge is 2.03. The average molecular weight is 230 g/mol. The lowest BCUT2D eigenvalue weighted by Gasteiger charge is -2.07. The van der Waals surface area contributed by atoms with Crippen molar-refractivity contribution in [3.8, 4) is 0 Å². The predicted octanol–water partition coefficient (Wildman–Crippen LogP) is 1.04. The number of aryl methyl sites for hydroxylation is 1. The molecule has 0 saturated carbocycles. The van der Waals surface area contributed by atoms with Crippen LogP contribution in [0.5, 0.6) is 0 Å². The Labute approximate surface area is 99.1 Å². The molecule has 2 aromatic heterocycles.